The van der Waals surface area contributed by atoms with Gasteiger partial charge >= 0.3 is 21.1 Å². The van der Waals surface area contributed by atoms with E-state index in [1.165, 1.54) is 11.1 Å². The molecule has 0 heterocycles. The molecule has 1 heteroatoms. The van der Waals surface area contributed by atoms with Crippen LogP contribution in [0.1, 0.15) is 22.3 Å². The molecule has 0 radical (unpaired) electrons. The van der Waals surface area contributed by atoms with Crippen LogP contribution in [0.2, 0.25) is 0 Å². The fourth-order valence-electron chi connectivity index (χ4n) is 1.27. The molecule has 0 N–H and O–H groups in total. The van der Waals surface area contributed by atoms with E-state index in [9.17, 15) is 0 Å². The summed E-state index contributed by atoms with van der Waals surface area (Å²) in [7, 11) is 0. The van der Waals surface area contributed by atoms with Gasteiger partial charge in [-0.1, -0.05) is 35.4 Å². The van der Waals surface area contributed by atoms with E-state index in [2.05, 4.69) is 11.8 Å². The maximum absolute atomic E-state index is 6.76. The SMILES string of the molecule is [C-]#Cc1ccc(C)cc1.[C-]#Cc1ccc(C)cc1.[Pt+2]. The maximum atomic E-state index is 6.76. The molecule has 0 saturated heterocycles. The van der Waals surface area contributed by atoms with Crippen molar-refractivity contribution in [2.75, 3.05) is 0 Å². The molecule has 0 amide bonds. The van der Waals surface area contributed by atoms with Crippen LogP contribution in [0.5, 0.6) is 0 Å². The molecule has 19 heavy (non-hydrogen) atoms. The molecule has 96 valence electrons. The normalized spacial score (nSPS) is 8.00. The minimum absolute atomic E-state index is 0. The van der Waals surface area contributed by atoms with Crippen molar-refractivity contribution in [2.45, 2.75) is 13.8 Å². The Labute approximate surface area is 130 Å². The zero-order chi connectivity index (χ0) is 13.4. The van der Waals surface area contributed by atoms with Crippen molar-refractivity contribution < 1.29 is 21.1 Å². The third-order valence-corrected chi connectivity index (χ3v) is 2.39. The monoisotopic (exact) mass is 425 g/mol. The second-order valence-corrected chi connectivity index (χ2v) is 3.98. The zero-order valence-corrected chi connectivity index (χ0v) is 13.2. The summed E-state index contributed by atoms with van der Waals surface area (Å²) < 4.78 is 0. The van der Waals surface area contributed by atoms with Crippen molar-refractivity contribution in [1.82, 2.24) is 0 Å². The van der Waals surface area contributed by atoms with Gasteiger partial charge in [0, 0.05) is 0 Å². The number of hydrogen-bond donors (Lipinski definition) is 0. The van der Waals surface area contributed by atoms with E-state index in [1.807, 2.05) is 62.4 Å². The molecule has 0 atom stereocenters. The molecule has 0 unspecified atom stereocenters. The number of rotatable bonds is 0. The van der Waals surface area contributed by atoms with Crippen LogP contribution in [0.25, 0.3) is 0 Å². The molecule has 0 nitrogen and oxygen atoms in total. The van der Waals surface area contributed by atoms with E-state index in [0.29, 0.717) is 0 Å². The van der Waals surface area contributed by atoms with E-state index >= 15 is 0 Å². The third-order valence-electron chi connectivity index (χ3n) is 2.39. The Bertz CT molecular complexity index is 508. The van der Waals surface area contributed by atoms with Gasteiger partial charge in [0.05, 0.1) is 0 Å². The molecule has 2 aromatic carbocycles. The summed E-state index contributed by atoms with van der Waals surface area (Å²) in [5.41, 5.74) is 4.10. The average molecular weight is 425 g/mol. The second kappa shape index (κ2) is 9.21. The van der Waals surface area contributed by atoms with Crippen molar-refractivity contribution in [2.24, 2.45) is 0 Å². The van der Waals surface area contributed by atoms with E-state index < -0.39 is 0 Å². The van der Waals surface area contributed by atoms with Crippen LogP contribution in [0.15, 0.2) is 48.5 Å². The Balaban J connectivity index is 0.000000324. The minimum Gasteiger partial charge on any atom is -0.366 e. The summed E-state index contributed by atoms with van der Waals surface area (Å²) in [5, 5.41) is 0. The van der Waals surface area contributed by atoms with Gasteiger partial charge in [-0.15, -0.1) is 35.4 Å². The largest absolute Gasteiger partial charge is 2.00 e. The van der Waals surface area contributed by atoms with Crippen molar-refractivity contribution in [1.29, 1.82) is 0 Å². The number of benzene rings is 2. The number of hydrogen-bond acceptors (Lipinski definition) is 0. The van der Waals surface area contributed by atoms with E-state index in [4.69, 9.17) is 12.8 Å². The van der Waals surface area contributed by atoms with Crippen LogP contribution in [-0.2, 0) is 21.1 Å². The van der Waals surface area contributed by atoms with E-state index in [-0.39, 0.29) is 21.1 Å². The predicted molar refractivity (Wildman–Crippen MR) is 74.8 cm³/mol. The molecule has 0 aliphatic carbocycles. The fraction of sp³-hybridized carbons (Fsp3) is 0.111. The topological polar surface area (TPSA) is 0 Å². The van der Waals surface area contributed by atoms with Crippen LogP contribution >= 0.6 is 0 Å². The van der Waals surface area contributed by atoms with Gasteiger partial charge < -0.3 is 12.8 Å². The first kappa shape index (κ1) is 17.2. The molecule has 2 aromatic rings. The van der Waals surface area contributed by atoms with E-state index in [0.717, 1.165) is 11.1 Å². The molecule has 0 bridgehead atoms. The first-order valence-electron chi connectivity index (χ1n) is 5.64. The second-order valence-electron chi connectivity index (χ2n) is 3.98. The van der Waals surface area contributed by atoms with Gasteiger partial charge in [-0.2, -0.15) is 0 Å². The summed E-state index contributed by atoms with van der Waals surface area (Å²) in [6.07, 6.45) is 13.5. The molecule has 0 spiro atoms. The predicted octanol–water partition coefficient (Wildman–Crippen LogP) is 3.86. The summed E-state index contributed by atoms with van der Waals surface area (Å²) in [4.78, 5) is 0. The third kappa shape index (κ3) is 6.66. The molecule has 2 rings (SSSR count). The standard InChI is InChI=1S/2C9H7.Pt/c2*1-3-9-6-4-8(2)5-7-9;/h2*4-7H,2H3;/q2*-1;+2. The Morgan fingerprint density at radius 1 is 0.632 bits per heavy atom. The fourth-order valence-corrected chi connectivity index (χ4v) is 1.27. The van der Waals surface area contributed by atoms with Gasteiger partial charge in [-0.3, -0.25) is 11.8 Å². The number of aryl methyl sites for hydroxylation is 2. The van der Waals surface area contributed by atoms with Crippen molar-refractivity contribution in [3.05, 3.63) is 83.6 Å². The zero-order valence-electron chi connectivity index (χ0n) is 10.9. The maximum Gasteiger partial charge on any atom is 2.00 e. The first-order chi connectivity index (χ1) is 8.65. The van der Waals surface area contributed by atoms with Gasteiger partial charge in [0.15, 0.2) is 0 Å². The van der Waals surface area contributed by atoms with Crippen LogP contribution < -0.4 is 0 Å². The Kier molecular flexibility index (Phi) is 8.37. The molecule has 0 fully saturated rings. The van der Waals surface area contributed by atoms with Crippen LogP contribution in [0.3, 0.4) is 0 Å². The average Bonchev–Trinajstić information content (AvgIpc) is 2.41. The molecular weight excluding hydrogens is 411 g/mol. The molecule has 0 aliphatic heterocycles. The summed E-state index contributed by atoms with van der Waals surface area (Å²) in [5.74, 6) is 4.61. The molecular formula is C18H14Pt. The minimum atomic E-state index is 0. The summed E-state index contributed by atoms with van der Waals surface area (Å²) in [6.45, 7) is 4.04. The Hall–Kier alpha value is -1.75. The molecule has 0 saturated carbocycles. The van der Waals surface area contributed by atoms with Crippen molar-refractivity contribution in [3.8, 4) is 11.8 Å². The Morgan fingerprint density at radius 3 is 1.11 bits per heavy atom. The van der Waals surface area contributed by atoms with Gasteiger partial charge in [0.25, 0.3) is 0 Å². The summed E-state index contributed by atoms with van der Waals surface area (Å²) >= 11 is 0. The first-order valence-corrected chi connectivity index (χ1v) is 5.64. The van der Waals surface area contributed by atoms with Crippen molar-refractivity contribution >= 4 is 0 Å². The van der Waals surface area contributed by atoms with Crippen LogP contribution in [0, 0.1) is 38.5 Å². The molecule has 0 aliphatic rings. The van der Waals surface area contributed by atoms with Crippen molar-refractivity contribution in [3.63, 3.8) is 0 Å². The van der Waals surface area contributed by atoms with Crippen LogP contribution in [0.4, 0.5) is 0 Å². The van der Waals surface area contributed by atoms with Gasteiger partial charge in [-0.05, 0) is 13.8 Å². The van der Waals surface area contributed by atoms with E-state index in [1.54, 1.807) is 0 Å². The van der Waals surface area contributed by atoms with Gasteiger partial charge in [-0.25, -0.2) is 0 Å². The van der Waals surface area contributed by atoms with Crippen LogP contribution in [-0.4, -0.2) is 0 Å². The van der Waals surface area contributed by atoms with Gasteiger partial charge in [0.1, 0.15) is 0 Å². The van der Waals surface area contributed by atoms with Gasteiger partial charge in [0.2, 0.25) is 0 Å². The smallest absolute Gasteiger partial charge is 0.366 e. The summed E-state index contributed by atoms with van der Waals surface area (Å²) in [6, 6.07) is 15.4. The quantitative estimate of drug-likeness (QED) is 0.444. The molecule has 0 aromatic heterocycles. The Morgan fingerprint density at radius 2 is 0.895 bits per heavy atom.